The summed E-state index contributed by atoms with van der Waals surface area (Å²) < 4.78 is 5.13. The van der Waals surface area contributed by atoms with E-state index in [2.05, 4.69) is 10.5 Å². The molecule has 0 fully saturated rings. The zero-order chi connectivity index (χ0) is 14.2. The van der Waals surface area contributed by atoms with Crippen molar-refractivity contribution in [1.82, 2.24) is 0 Å². The maximum Gasteiger partial charge on any atom is 0.261 e. The van der Waals surface area contributed by atoms with E-state index in [4.69, 9.17) is 9.62 Å². The number of rotatable bonds is 3. The number of amides is 1. The van der Waals surface area contributed by atoms with Gasteiger partial charge in [-0.1, -0.05) is 23.4 Å². The van der Waals surface area contributed by atoms with E-state index in [0.717, 1.165) is 0 Å². The van der Waals surface area contributed by atoms with Gasteiger partial charge in [-0.3, -0.25) is 4.79 Å². The number of aliphatic hydroxyl groups is 1. The summed E-state index contributed by atoms with van der Waals surface area (Å²) in [7, 11) is 0. The zero-order valence-electron chi connectivity index (χ0n) is 10.4. The first kappa shape index (κ1) is 12.4. The molecule has 1 aliphatic rings. The Balaban J connectivity index is 1.99. The fourth-order valence-electron chi connectivity index (χ4n) is 2.33. The molecule has 1 unspecified atom stereocenters. The Kier molecular flexibility index (Phi) is 2.80. The lowest BCUT2D eigenvalue weighted by molar-refractivity contribution is -0.132. The molecule has 1 aromatic heterocycles. The van der Waals surface area contributed by atoms with Crippen LogP contribution in [0.3, 0.4) is 0 Å². The first-order chi connectivity index (χ1) is 9.65. The second-order valence-electron chi connectivity index (χ2n) is 4.56. The van der Waals surface area contributed by atoms with Crippen LogP contribution in [0.25, 0.3) is 0 Å². The maximum absolute atomic E-state index is 12.0. The van der Waals surface area contributed by atoms with Crippen LogP contribution in [0.2, 0.25) is 0 Å². The third kappa shape index (κ3) is 1.78. The molecule has 0 radical (unpaired) electrons. The lowest BCUT2D eigenvalue weighted by atomic mass is 9.89. The molecule has 20 heavy (non-hydrogen) atoms. The molecule has 1 atom stereocenters. The topological polar surface area (TPSA) is 95.1 Å². The van der Waals surface area contributed by atoms with Crippen molar-refractivity contribution in [3.63, 3.8) is 0 Å². The standard InChI is InChI=1S/C14H12N2O4/c17-13-14(18,9-4-1-2-5-10(9)15-13)8-11(16-19)12-6-3-7-20-12/h1-7,18-19H,8H2,(H,15,17)/b16-11-. The van der Waals surface area contributed by atoms with Gasteiger partial charge in [0.1, 0.15) is 5.71 Å². The fraction of sp³-hybridized carbons (Fsp3) is 0.143. The minimum Gasteiger partial charge on any atom is -0.463 e. The lowest BCUT2D eigenvalue weighted by Gasteiger charge is -2.20. The molecule has 3 N–H and O–H groups in total. The molecule has 0 spiro atoms. The first-order valence-electron chi connectivity index (χ1n) is 6.03. The Morgan fingerprint density at radius 1 is 1.30 bits per heavy atom. The van der Waals surface area contributed by atoms with Crippen LogP contribution >= 0.6 is 0 Å². The van der Waals surface area contributed by atoms with Gasteiger partial charge in [0, 0.05) is 17.7 Å². The van der Waals surface area contributed by atoms with E-state index in [0.29, 0.717) is 17.0 Å². The molecule has 1 amide bonds. The molecule has 2 aromatic rings. The number of carbonyl (C=O) groups excluding carboxylic acids is 1. The summed E-state index contributed by atoms with van der Waals surface area (Å²) in [6, 6.07) is 10.1. The first-order valence-corrected chi connectivity index (χ1v) is 6.03. The highest BCUT2D eigenvalue weighted by molar-refractivity contribution is 6.09. The van der Waals surface area contributed by atoms with Gasteiger partial charge in [-0.2, -0.15) is 0 Å². The molecule has 6 nitrogen and oxygen atoms in total. The van der Waals surface area contributed by atoms with Crippen molar-refractivity contribution in [2.75, 3.05) is 5.32 Å². The number of furan rings is 1. The van der Waals surface area contributed by atoms with Crippen LogP contribution < -0.4 is 5.32 Å². The second-order valence-corrected chi connectivity index (χ2v) is 4.56. The van der Waals surface area contributed by atoms with E-state index < -0.39 is 11.5 Å². The van der Waals surface area contributed by atoms with Crippen LogP contribution in [-0.4, -0.2) is 21.9 Å². The van der Waals surface area contributed by atoms with Gasteiger partial charge in [-0.25, -0.2) is 0 Å². The summed E-state index contributed by atoms with van der Waals surface area (Å²) in [5, 5.41) is 25.5. The van der Waals surface area contributed by atoms with Crippen molar-refractivity contribution in [3.05, 3.63) is 54.0 Å². The second kappa shape index (κ2) is 4.50. The molecular weight excluding hydrogens is 260 g/mol. The summed E-state index contributed by atoms with van der Waals surface area (Å²) in [6.45, 7) is 0. The predicted molar refractivity (Wildman–Crippen MR) is 70.6 cm³/mol. The third-order valence-electron chi connectivity index (χ3n) is 3.35. The molecule has 2 heterocycles. The molecule has 0 saturated carbocycles. The Morgan fingerprint density at radius 2 is 2.10 bits per heavy atom. The van der Waals surface area contributed by atoms with Crippen LogP contribution in [0.4, 0.5) is 5.69 Å². The number of oxime groups is 1. The number of para-hydroxylation sites is 1. The number of hydrogen-bond acceptors (Lipinski definition) is 5. The summed E-state index contributed by atoms with van der Waals surface area (Å²) in [6.07, 6.45) is 1.24. The van der Waals surface area contributed by atoms with Gasteiger partial charge in [0.05, 0.1) is 6.26 Å². The smallest absolute Gasteiger partial charge is 0.261 e. The normalized spacial score (nSPS) is 21.6. The highest BCUT2D eigenvalue weighted by Gasteiger charge is 2.46. The quantitative estimate of drug-likeness (QED) is 0.450. The van der Waals surface area contributed by atoms with Gasteiger partial charge in [-0.15, -0.1) is 0 Å². The van der Waals surface area contributed by atoms with Gasteiger partial charge < -0.3 is 20.0 Å². The van der Waals surface area contributed by atoms with E-state index in [9.17, 15) is 9.90 Å². The maximum atomic E-state index is 12.0. The lowest BCUT2D eigenvalue weighted by Crippen LogP contribution is -2.36. The average molecular weight is 272 g/mol. The van der Waals surface area contributed by atoms with E-state index >= 15 is 0 Å². The average Bonchev–Trinajstić information content (AvgIpc) is 3.06. The largest absolute Gasteiger partial charge is 0.463 e. The molecule has 102 valence electrons. The number of hydrogen-bond donors (Lipinski definition) is 3. The Morgan fingerprint density at radius 3 is 2.80 bits per heavy atom. The SMILES string of the molecule is O=C1Nc2ccccc2C1(O)C/C(=N/O)c1ccco1. The minimum atomic E-state index is -1.77. The Labute approximate surface area is 114 Å². The van der Waals surface area contributed by atoms with Crippen LogP contribution in [0.1, 0.15) is 17.7 Å². The van der Waals surface area contributed by atoms with E-state index in [-0.39, 0.29) is 12.1 Å². The van der Waals surface area contributed by atoms with Gasteiger partial charge in [0.2, 0.25) is 0 Å². The molecule has 0 saturated heterocycles. The number of benzene rings is 1. The van der Waals surface area contributed by atoms with Gasteiger partial charge >= 0.3 is 0 Å². The van der Waals surface area contributed by atoms with Gasteiger partial charge in [-0.05, 0) is 18.2 Å². The van der Waals surface area contributed by atoms with Crippen molar-refractivity contribution in [2.24, 2.45) is 5.16 Å². The Hall–Kier alpha value is -2.60. The van der Waals surface area contributed by atoms with E-state index in [1.54, 1.807) is 36.4 Å². The van der Waals surface area contributed by atoms with Gasteiger partial charge in [0.15, 0.2) is 11.4 Å². The summed E-state index contributed by atoms with van der Waals surface area (Å²) in [5.41, 5.74) is -0.663. The molecular formula is C14H12N2O4. The van der Waals surface area contributed by atoms with Crippen molar-refractivity contribution in [1.29, 1.82) is 0 Å². The molecule has 1 aromatic carbocycles. The van der Waals surface area contributed by atoms with Crippen LogP contribution in [0.15, 0.2) is 52.2 Å². The van der Waals surface area contributed by atoms with Crippen LogP contribution in [0.5, 0.6) is 0 Å². The zero-order valence-corrected chi connectivity index (χ0v) is 10.4. The highest BCUT2D eigenvalue weighted by Crippen LogP contribution is 2.38. The monoisotopic (exact) mass is 272 g/mol. The molecule has 0 aliphatic carbocycles. The molecule has 6 heteroatoms. The number of nitrogens with one attached hydrogen (secondary N) is 1. The van der Waals surface area contributed by atoms with E-state index in [1.807, 2.05) is 0 Å². The summed E-state index contributed by atoms with van der Waals surface area (Å²) >= 11 is 0. The number of carbonyl (C=O) groups is 1. The molecule has 0 bridgehead atoms. The molecule has 1 aliphatic heterocycles. The fourth-order valence-corrected chi connectivity index (χ4v) is 2.33. The number of fused-ring (bicyclic) bond motifs is 1. The third-order valence-corrected chi connectivity index (χ3v) is 3.35. The highest BCUT2D eigenvalue weighted by atomic mass is 16.4. The molecule has 3 rings (SSSR count). The summed E-state index contributed by atoms with van der Waals surface area (Å²) in [5.74, 6) is -0.246. The predicted octanol–water partition coefficient (Wildman–Crippen LogP) is 1.69. The van der Waals surface area contributed by atoms with E-state index in [1.165, 1.54) is 6.26 Å². The summed E-state index contributed by atoms with van der Waals surface area (Å²) in [4.78, 5) is 12.0. The van der Waals surface area contributed by atoms with Crippen molar-refractivity contribution >= 4 is 17.3 Å². The van der Waals surface area contributed by atoms with Gasteiger partial charge in [0.25, 0.3) is 5.91 Å². The van der Waals surface area contributed by atoms with Crippen molar-refractivity contribution < 1.29 is 19.5 Å². The number of anilines is 1. The van der Waals surface area contributed by atoms with Crippen molar-refractivity contribution in [3.8, 4) is 0 Å². The number of nitrogens with zero attached hydrogens (tertiary/aromatic N) is 1. The van der Waals surface area contributed by atoms with Crippen LogP contribution in [0, 0.1) is 0 Å². The van der Waals surface area contributed by atoms with Crippen molar-refractivity contribution in [2.45, 2.75) is 12.0 Å². The minimum absolute atomic E-state index is 0.101. The van der Waals surface area contributed by atoms with Crippen LogP contribution in [-0.2, 0) is 10.4 Å². The Bertz CT molecular complexity index is 678.